The van der Waals surface area contributed by atoms with E-state index in [2.05, 4.69) is 4.74 Å². The molecule has 0 amide bonds. The predicted molar refractivity (Wildman–Crippen MR) is 61.5 cm³/mol. The first-order valence-electron chi connectivity index (χ1n) is 5.69. The maximum atomic E-state index is 10.5. The molecule has 0 aliphatic heterocycles. The van der Waals surface area contributed by atoms with E-state index in [0.717, 1.165) is 42.4 Å². The van der Waals surface area contributed by atoms with Crippen LogP contribution in [0.4, 0.5) is 4.79 Å². The number of hydrogen-bond donors (Lipinski definition) is 1. The maximum absolute atomic E-state index is 10.5. The zero-order valence-electron chi connectivity index (χ0n) is 9.23. The number of ether oxygens (including phenoxy) is 1. The van der Waals surface area contributed by atoms with Crippen LogP contribution in [0.5, 0.6) is 5.75 Å². The molecule has 0 unspecified atom stereocenters. The minimum atomic E-state index is -1.29. The van der Waals surface area contributed by atoms with E-state index in [-0.39, 0.29) is 0 Å². The Morgan fingerprint density at radius 3 is 2.94 bits per heavy atom. The van der Waals surface area contributed by atoms with Gasteiger partial charge in [0, 0.05) is 17.4 Å². The summed E-state index contributed by atoms with van der Waals surface area (Å²) in [6.07, 6.45) is 3.00. The fraction of sp³-hybridized carbons (Fsp3) is 0.308. The predicted octanol–water partition coefficient (Wildman–Crippen LogP) is 3.37. The number of benzene rings is 1. The summed E-state index contributed by atoms with van der Waals surface area (Å²) in [6, 6.07) is 5.13. The van der Waals surface area contributed by atoms with Gasteiger partial charge >= 0.3 is 6.16 Å². The van der Waals surface area contributed by atoms with Gasteiger partial charge in [-0.1, -0.05) is 0 Å². The normalized spacial score (nSPS) is 14.6. The zero-order valence-corrected chi connectivity index (χ0v) is 9.23. The van der Waals surface area contributed by atoms with E-state index < -0.39 is 6.16 Å². The van der Waals surface area contributed by atoms with Crippen molar-refractivity contribution in [2.45, 2.75) is 25.7 Å². The number of carbonyl (C=O) groups is 1. The average molecular weight is 232 g/mol. The number of furan rings is 1. The SMILES string of the molecule is O=C(O)Oc1ccc2oc3c(c2c1)CCCC3. The van der Waals surface area contributed by atoms with Crippen molar-refractivity contribution in [3.63, 3.8) is 0 Å². The molecular weight excluding hydrogens is 220 g/mol. The summed E-state index contributed by atoms with van der Waals surface area (Å²) in [4.78, 5) is 10.5. The van der Waals surface area contributed by atoms with Gasteiger partial charge in [0.15, 0.2) is 0 Å². The van der Waals surface area contributed by atoms with E-state index in [9.17, 15) is 4.79 Å². The fourth-order valence-corrected chi connectivity index (χ4v) is 2.41. The first-order valence-corrected chi connectivity index (χ1v) is 5.69. The highest BCUT2D eigenvalue weighted by molar-refractivity contribution is 5.84. The third-order valence-electron chi connectivity index (χ3n) is 3.13. The molecule has 88 valence electrons. The van der Waals surface area contributed by atoms with Crippen molar-refractivity contribution in [1.29, 1.82) is 0 Å². The van der Waals surface area contributed by atoms with E-state index >= 15 is 0 Å². The number of aryl methyl sites for hydroxylation is 2. The van der Waals surface area contributed by atoms with E-state index in [1.807, 2.05) is 0 Å². The lowest BCUT2D eigenvalue weighted by atomic mass is 9.96. The summed E-state index contributed by atoms with van der Waals surface area (Å²) in [7, 11) is 0. The van der Waals surface area contributed by atoms with Gasteiger partial charge in [0.2, 0.25) is 0 Å². The van der Waals surface area contributed by atoms with Crippen LogP contribution in [0.2, 0.25) is 0 Å². The Kier molecular flexibility index (Phi) is 2.28. The minimum absolute atomic E-state index is 0.346. The summed E-state index contributed by atoms with van der Waals surface area (Å²) >= 11 is 0. The Balaban J connectivity index is 2.11. The molecule has 17 heavy (non-hydrogen) atoms. The number of rotatable bonds is 1. The summed E-state index contributed by atoms with van der Waals surface area (Å²) in [5.74, 6) is 1.39. The van der Waals surface area contributed by atoms with Crippen LogP contribution in [0.1, 0.15) is 24.2 Å². The first kappa shape index (κ1) is 10.2. The Morgan fingerprint density at radius 1 is 1.29 bits per heavy atom. The van der Waals surface area contributed by atoms with Crippen LogP contribution >= 0.6 is 0 Å². The molecule has 1 aromatic heterocycles. The van der Waals surface area contributed by atoms with Crippen molar-refractivity contribution < 1.29 is 19.1 Å². The summed E-state index contributed by atoms with van der Waals surface area (Å²) in [5.41, 5.74) is 2.02. The molecular formula is C13H12O4. The smallest absolute Gasteiger partial charge is 0.461 e. The van der Waals surface area contributed by atoms with Gasteiger partial charge in [0.05, 0.1) is 0 Å². The van der Waals surface area contributed by atoms with Crippen molar-refractivity contribution >= 4 is 17.1 Å². The molecule has 1 aliphatic carbocycles. The first-order chi connectivity index (χ1) is 8.24. The molecule has 0 saturated carbocycles. The number of fused-ring (bicyclic) bond motifs is 3. The number of hydrogen-bond acceptors (Lipinski definition) is 3. The van der Waals surface area contributed by atoms with Gasteiger partial charge < -0.3 is 14.3 Å². The monoisotopic (exact) mass is 232 g/mol. The molecule has 0 radical (unpaired) electrons. The Hall–Kier alpha value is -1.97. The van der Waals surface area contributed by atoms with Gasteiger partial charge in [-0.2, -0.15) is 0 Å². The van der Waals surface area contributed by atoms with Gasteiger partial charge in [-0.25, -0.2) is 4.79 Å². The lowest BCUT2D eigenvalue weighted by molar-refractivity contribution is 0.144. The maximum Gasteiger partial charge on any atom is 0.511 e. The van der Waals surface area contributed by atoms with E-state index in [1.54, 1.807) is 18.2 Å². The molecule has 4 heteroatoms. The van der Waals surface area contributed by atoms with Gasteiger partial charge in [-0.05, 0) is 37.5 Å². The minimum Gasteiger partial charge on any atom is -0.461 e. The fourth-order valence-electron chi connectivity index (χ4n) is 2.41. The highest BCUT2D eigenvalue weighted by Crippen LogP contribution is 2.33. The van der Waals surface area contributed by atoms with Crippen LogP contribution in [-0.4, -0.2) is 11.3 Å². The van der Waals surface area contributed by atoms with E-state index in [1.165, 1.54) is 5.56 Å². The van der Waals surface area contributed by atoms with E-state index in [0.29, 0.717) is 5.75 Å². The molecule has 1 aromatic carbocycles. The molecule has 1 heterocycles. The lowest BCUT2D eigenvalue weighted by Crippen LogP contribution is -2.02. The Morgan fingerprint density at radius 2 is 2.12 bits per heavy atom. The van der Waals surface area contributed by atoms with Crippen LogP contribution in [0.3, 0.4) is 0 Å². The van der Waals surface area contributed by atoms with Crippen molar-refractivity contribution in [2.75, 3.05) is 0 Å². The van der Waals surface area contributed by atoms with E-state index in [4.69, 9.17) is 9.52 Å². The number of carboxylic acid groups (broad SMARTS) is 1. The van der Waals surface area contributed by atoms with Crippen molar-refractivity contribution in [3.05, 3.63) is 29.5 Å². The molecule has 3 rings (SSSR count). The van der Waals surface area contributed by atoms with Crippen LogP contribution in [0.25, 0.3) is 11.0 Å². The van der Waals surface area contributed by atoms with Gasteiger partial charge in [0.25, 0.3) is 0 Å². The van der Waals surface area contributed by atoms with Gasteiger partial charge in [-0.15, -0.1) is 0 Å². The van der Waals surface area contributed by atoms with Crippen LogP contribution < -0.4 is 4.74 Å². The Labute approximate surface area is 97.8 Å². The second kappa shape index (κ2) is 3.80. The zero-order chi connectivity index (χ0) is 11.8. The summed E-state index contributed by atoms with van der Waals surface area (Å²) in [5, 5.41) is 9.57. The van der Waals surface area contributed by atoms with Crippen LogP contribution in [-0.2, 0) is 12.8 Å². The van der Waals surface area contributed by atoms with Gasteiger partial charge in [-0.3, -0.25) is 0 Å². The molecule has 4 nitrogen and oxygen atoms in total. The van der Waals surface area contributed by atoms with Crippen LogP contribution in [0, 0.1) is 0 Å². The summed E-state index contributed by atoms with van der Waals surface area (Å²) < 4.78 is 10.4. The molecule has 1 N–H and O–H groups in total. The third kappa shape index (κ3) is 1.75. The molecule has 2 aromatic rings. The largest absolute Gasteiger partial charge is 0.511 e. The molecule has 0 atom stereocenters. The quantitative estimate of drug-likeness (QED) is 0.605. The van der Waals surface area contributed by atoms with Gasteiger partial charge in [0.1, 0.15) is 17.1 Å². The third-order valence-corrected chi connectivity index (χ3v) is 3.13. The van der Waals surface area contributed by atoms with Crippen LogP contribution in [0.15, 0.2) is 22.6 Å². The molecule has 0 bridgehead atoms. The average Bonchev–Trinajstić information content (AvgIpc) is 2.66. The summed E-state index contributed by atoms with van der Waals surface area (Å²) in [6.45, 7) is 0. The highest BCUT2D eigenvalue weighted by Gasteiger charge is 2.18. The molecule has 1 aliphatic rings. The second-order valence-corrected chi connectivity index (χ2v) is 4.24. The molecule has 0 spiro atoms. The van der Waals surface area contributed by atoms with Crippen molar-refractivity contribution in [1.82, 2.24) is 0 Å². The van der Waals surface area contributed by atoms with Crippen molar-refractivity contribution in [3.8, 4) is 5.75 Å². The standard InChI is InChI=1S/C13H12O4/c14-13(15)16-8-5-6-12-10(7-8)9-3-1-2-4-11(9)17-12/h5-7H,1-4H2,(H,14,15). The topological polar surface area (TPSA) is 59.7 Å². The molecule has 0 fully saturated rings. The Bertz CT molecular complexity index is 582. The highest BCUT2D eigenvalue weighted by atomic mass is 16.7. The molecule has 0 saturated heterocycles. The second-order valence-electron chi connectivity index (χ2n) is 4.24. The van der Waals surface area contributed by atoms with Crippen molar-refractivity contribution in [2.24, 2.45) is 0 Å². The lowest BCUT2D eigenvalue weighted by Gasteiger charge is -2.08.